The molecule has 1 amide bonds. The van der Waals surface area contributed by atoms with Crippen molar-refractivity contribution in [2.45, 2.75) is 51.1 Å². The summed E-state index contributed by atoms with van der Waals surface area (Å²) in [6.07, 6.45) is -4.39. The molecule has 0 spiro atoms. The maximum Gasteiger partial charge on any atom is 0.416 e. The lowest BCUT2D eigenvalue weighted by Gasteiger charge is -2.40. The minimum Gasteiger partial charge on any atom is -0.444 e. The highest BCUT2D eigenvalue weighted by atomic mass is 32.2. The smallest absolute Gasteiger partial charge is 0.416 e. The highest BCUT2D eigenvalue weighted by molar-refractivity contribution is 7.90. The molecule has 1 fully saturated rings. The fourth-order valence-corrected chi connectivity index (χ4v) is 3.89. The van der Waals surface area contributed by atoms with Crippen molar-refractivity contribution >= 4 is 15.9 Å². The molecule has 2 rings (SSSR count). The van der Waals surface area contributed by atoms with E-state index in [9.17, 15) is 26.4 Å². The zero-order valence-corrected chi connectivity index (χ0v) is 17.6. The van der Waals surface area contributed by atoms with Crippen molar-refractivity contribution in [1.82, 2.24) is 4.90 Å². The monoisotopic (exact) mass is 437 g/mol. The van der Waals surface area contributed by atoms with E-state index in [-0.39, 0.29) is 25.3 Å². The van der Waals surface area contributed by atoms with Crippen LogP contribution >= 0.6 is 0 Å². The molecular weight excluding hydrogens is 411 g/mol. The van der Waals surface area contributed by atoms with E-state index in [1.807, 2.05) is 0 Å². The van der Waals surface area contributed by atoms with Gasteiger partial charge in [-0.25, -0.2) is 13.2 Å². The van der Waals surface area contributed by atoms with Crippen LogP contribution in [-0.2, 0) is 31.9 Å². The number of amides is 1. The minimum absolute atomic E-state index is 0.0211. The fraction of sp³-hybridized carbons (Fsp3) is 0.632. The van der Waals surface area contributed by atoms with Gasteiger partial charge in [0.25, 0.3) is 0 Å². The number of ether oxygens (including phenoxy) is 2. The normalized spacial score (nSPS) is 21.1. The number of hydrogen-bond donors (Lipinski definition) is 0. The summed E-state index contributed by atoms with van der Waals surface area (Å²) in [5.41, 5.74) is -0.902. The van der Waals surface area contributed by atoms with Gasteiger partial charge in [-0.1, -0.05) is 12.1 Å². The SMILES string of the molecule is CC(C)(C)OC(=O)N1C[C@H](CS(C)(=O)=O)OC[C@@H]1Cc1ccc(C(F)(F)F)cc1. The number of hydrogen-bond acceptors (Lipinski definition) is 5. The molecule has 6 nitrogen and oxygen atoms in total. The molecule has 1 aliphatic rings. The van der Waals surface area contributed by atoms with Crippen LogP contribution in [0, 0.1) is 0 Å². The molecule has 1 heterocycles. The molecule has 0 aromatic heterocycles. The second kappa shape index (κ2) is 8.51. The molecule has 0 aliphatic carbocycles. The molecule has 0 N–H and O–H groups in total. The Balaban J connectivity index is 2.18. The molecule has 0 unspecified atom stereocenters. The summed E-state index contributed by atoms with van der Waals surface area (Å²) >= 11 is 0. The zero-order valence-electron chi connectivity index (χ0n) is 16.8. The Morgan fingerprint density at radius 2 is 1.79 bits per heavy atom. The van der Waals surface area contributed by atoms with Gasteiger partial charge < -0.3 is 9.47 Å². The van der Waals surface area contributed by atoms with E-state index < -0.39 is 45.4 Å². The largest absolute Gasteiger partial charge is 0.444 e. The molecule has 1 aliphatic heterocycles. The van der Waals surface area contributed by atoms with E-state index in [2.05, 4.69) is 0 Å². The summed E-state index contributed by atoms with van der Waals surface area (Å²) in [6, 6.07) is 4.21. The average molecular weight is 437 g/mol. The van der Waals surface area contributed by atoms with Crippen molar-refractivity contribution in [3.05, 3.63) is 35.4 Å². The van der Waals surface area contributed by atoms with Gasteiger partial charge in [-0.15, -0.1) is 0 Å². The summed E-state index contributed by atoms with van der Waals surface area (Å²) < 4.78 is 72.4. The van der Waals surface area contributed by atoms with Crippen LogP contribution in [0.3, 0.4) is 0 Å². The van der Waals surface area contributed by atoms with Gasteiger partial charge in [-0.05, 0) is 44.9 Å². The summed E-state index contributed by atoms with van der Waals surface area (Å²) in [6.45, 7) is 5.21. The maximum absolute atomic E-state index is 12.7. The van der Waals surface area contributed by atoms with E-state index in [1.54, 1.807) is 20.8 Å². The number of sulfone groups is 1. The first-order valence-corrected chi connectivity index (χ1v) is 11.2. The first kappa shape index (κ1) is 23.5. The molecule has 10 heteroatoms. The number of alkyl halides is 3. The van der Waals surface area contributed by atoms with E-state index in [4.69, 9.17) is 9.47 Å². The van der Waals surface area contributed by atoms with Crippen LogP contribution < -0.4 is 0 Å². The Hall–Kier alpha value is -1.81. The van der Waals surface area contributed by atoms with Gasteiger partial charge in [0.1, 0.15) is 15.4 Å². The third-order valence-electron chi connectivity index (χ3n) is 4.23. The topological polar surface area (TPSA) is 72.9 Å². The van der Waals surface area contributed by atoms with E-state index in [0.717, 1.165) is 18.4 Å². The predicted octanol–water partition coefficient (Wildman–Crippen LogP) is 3.30. The number of carbonyl (C=O) groups is 1. The van der Waals surface area contributed by atoms with Crippen molar-refractivity contribution in [3.8, 4) is 0 Å². The van der Waals surface area contributed by atoms with Gasteiger partial charge in [0.2, 0.25) is 0 Å². The Bertz CT molecular complexity index is 816. The zero-order chi connectivity index (χ0) is 22.0. The van der Waals surface area contributed by atoms with Crippen LogP contribution in [-0.4, -0.2) is 62.3 Å². The van der Waals surface area contributed by atoms with Crippen LogP contribution in [0.1, 0.15) is 31.9 Å². The van der Waals surface area contributed by atoms with E-state index in [1.165, 1.54) is 17.0 Å². The Labute approximate surface area is 168 Å². The average Bonchev–Trinajstić information content (AvgIpc) is 2.53. The molecule has 29 heavy (non-hydrogen) atoms. The Morgan fingerprint density at radius 3 is 2.28 bits per heavy atom. The summed E-state index contributed by atoms with van der Waals surface area (Å²) in [5, 5.41) is 0. The maximum atomic E-state index is 12.7. The van der Waals surface area contributed by atoms with Crippen LogP contribution in [0.2, 0.25) is 0 Å². The van der Waals surface area contributed by atoms with Crippen molar-refractivity contribution in [2.75, 3.05) is 25.2 Å². The van der Waals surface area contributed by atoms with E-state index in [0.29, 0.717) is 5.56 Å². The third kappa shape index (κ3) is 7.50. The third-order valence-corrected chi connectivity index (χ3v) is 5.21. The van der Waals surface area contributed by atoms with Gasteiger partial charge in [0.05, 0.1) is 36.6 Å². The molecule has 1 aromatic rings. The van der Waals surface area contributed by atoms with Crippen molar-refractivity contribution < 1.29 is 35.9 Å². The highest BCUT2D eigenvalue weighted by Gasteiger charge is 2.36. The van der Waals surface area contributed by atoms with Crippen LogP contribution in [0.5, 0.6) is 0 Å². The molecule has 2 atom stereocenters. The van der Waals surface area contributed by atoms with Crippen LogP contribution in [0.15, 0.2) is 24.3 Å². The van der Waals surface area contributed by atoms with Gasteiger partial charge in [0, 0.05) is 6.26 Å². The fourth-order valence-electron chi connectivity index (χ4n) is 3.01. The Morgan fingerprint density at radius 1 is 1.21 bits per heavy atom. The lowest BCUT2D eigenvalue weighted by atomic mass is 10.0. The molecule has 164 valence electrons. The molecule has 0 saturated carbocycles. The quantitative estimate of drug-likeness (QED) is 0.723. The second-order valence-corrected chi connectivity index (χ2v) is 10.4. The first-order chi connectivity index (χ1) is 13.1. The van der Waals surface area contributed by atoms with Gasteiger partial charge in [0.15, 0.2) is 0 Å². The lowest BCUT2D eigenvalue weighted by Crippen LogP contribution is -2.55. The van der Waals surface area contributed by atoms with E-state index >= 15 is 0 Å². The molecular formula is C19H26F3NO5S. The number of nitrogens with zero attached hydrogens (tertiary/aromatic N) is 1. The van der Waals surface area contributed by atoms with Crippen LogP contribution in [0.25, 0.3) is 0 Å². The van der Waals surface area contributed by atoms with Crippen molar-refractivity contribution in [3.63, 3.8) is 0 Å². The van der Waals surface area contributed by atoms with Crippen molar-refractivity contribution in [2.24, 2.45) is 0 Å². The minimum atomic E-state index is -4.42. The van der Waals surface area contributed by atoms with Gasteiger partial charge >= 0.3 is 12.3 Å². The van der Waals surface area contributed by atoms with Crippen LogP contribution in [0.4, 0.5) is 18.0 Å². The second-order valence-electron chi connectivity index (χ2n) is 8.23. The number of benzene rings is 1. The summed E-state index contributed by atoms with van der Waals surface area (Å²) in [4.78, 5) is 14.1. The number of morpholine rings is 1. The molecule has 0 radical (unpaired) electrons. The van der Waals surface area contributed by atoms with Crippen molar-refractivity contribution in [1.29, 1.82) is 0 Å². The standard InChI is InChI=1S/C19H26F3NO5S/c1-18(2,3)28-17(24)23-10-16(12-29(4,25)26)27-11-15(23)9-13-5-7-14(8-6-13)19(20,21)22/h5-8,15-16H,9-12H2,1-4H3/t15-,16+/m0/s1. The molecule has 0 bridgehead atoms. The van der Waals surface area contributed by atoms with Gasteiger partial charge in [-0.3, -0.25) is 4.90 Å². The number of halogens is 3. The summed E-state index contributed by atoms with van der Waals surface area (Å²) in [7, 11) is -3.31. The predicted molar refractivity (Wildman–Crippen MR) is 101 cm³/mol. The highest BCUT2D eigenvalue weighted by Crippen LogP contribution is 2.29. The molecule has 1 saturated heterocycles. The Kier molecular flexibility index (Phi) is 6.89. The number of rotatable bonds is 4. The molecule has 1 aromatic carbocycles. The van der Waals surface area contributed by atoms with Gasteiger partial charge in [-0.2, -0.15) is 13.2 Å². The lowest BCUT2D eigenvalue weighted by molar-refractivity contribution is -0.137. The first-order valence-electron chi connectivity index (χ1n) is 9.09. The summed E-state index contributed by atoms with van der Waals surface area (Å²) in [5.74, 6) is -0.237. The number of carbonyl (C=O) groups excluding carboxylic acids is 1.